The molecule has 9 saturated heterocycles. The quantitative estimate of drug-likeness (QED) is 0.0290. The third kappa shape index (κ3) is 22.5. The summed E-state index contributed by atoms with van der Waals surface area (Å²) in [5.74, 6) is -9.39. The smallest absolute Gasteiger partial charge is 0.364 e. The summed E-state index contributed by atoms with van der Waals surface area (Å²) in [5.41, 5.74) is 0. The van der Waals surface area contributed by atoms with Crippen molar-refractivity contribution in [2.75, 3.05) is 59.5 Å². The van der Waals surface area contributed by atoms with Gasteiger partial charge < -0.3 is 240 Å². The molecule has 9 aliphatic rings. The molecule has 0 saturated carbocycles. The fourth-order valence-electron chi connectivity index (χ4n) is 15.5. The average Bonchev–Trinajstić information content (AvgIpc) is 0.770. The lowest BCUT2D eigenvalue weighted by atomic mass is 9.88. The molecule has 698 valence electrons. The van der Waals surface area contributed by atoms with Gasteiger partial charge in [0.1, 0.15) is 213 Å². The molecule has 0 bridgehead atoms. The molecule has 54 nitrogen and oxygen atoms in total. The van der Waals surface area contributed by atoms with Gasteiger partial charge in [-0.1, -0.05) is 0 Å². The Kier molecular flexibility index (Phi) is 35.7. The second-order valence-corrected chi connectivity index (χ2v) is 30.4. The minimum atomic E-state index is -3.05. The molecular weight excluding hydrogens is 1660 g/mol. The topological polar surface area (TPSA) is 845 Å². The number of carbonyl (C=O) groups excluding carboxylic acids is 5. The Morgan fingerprint density at radius 1 is 0.339 bits per heavy atom. The largest absolute Gasteiger partial charge is 0.477 e. The van der Waals surface area contributed by atoms with Gasteiger partial charge in [-0.2, -0.15) is 0 Å². The number of aliphatic carboxylic acids is 1. The predicted octanol–water partition coefficient (Wildman–Crippen LogP) is -20.7. The lowest BCUT2D eigenvalue weighted by Gasteiger charge is -2.50. The van der Waals surface area contributed by atoms with Crippen LogP contribution in [0.25, 0.3) is 0 Å². The van der Waals surface area contributed by atoms with Gasteiger partial charge in [-0.15, -0.1) is 0 Å². The number of aliphatic hydroxyl groups excluding tert-OH is 25. The molecule has 0 aromatic carbocycles. The van der Waals surface area contributed by atoms with Crippen molar-refractivity contribution in [3.05, 3.63) is 0 Å². The molecule has 0 radical (unpaired) electrons. The van der Waals surface area contributed by atoms with E-state index < -0.39 is 383 Å². The van der Waals surface area contributed by atoms with Gasteiger partial charge in [0.15, 0.2) is 50.3 Å². The van der Waals surface area contributed by atoms with E-state index in [0.29, 0.717) is 0 Å². The number of carbonyl (C=O) groups is 6. The van der Waals surface area contributed by atoms with Gasteiger partial charge in [0.05, 0.1) is 71.6 Å². The molecule has 121 heavy (non-hydrogen) atoms. The van der Waals surface area contributed by atoms with E-state index in [1.807, 2.05) is 0 Å². The standard InChI is InChI=1S/C67H111N5O49/c1-16(80)68-31-21(85)6-67(66(103)104,121-56(31)36(87)22(86)7-73)106-15-30-38(89)44(95)47(98)63(114-30)118-52-25(10-76)110-61(35(42(52)93)72-20(5)84)117-54-27(12-78)111-62(48(99)45(54)96)105-14-29-39(90)57(120-64-49(100)46(97)55(28(13-79)112-64)116-59-33(70-18(3)82)40(91)37(88)23(8-74)108-59)50(101)65(113-29)119-53-26(11-77)109-60(34(43(53)94)71-19(4)83)115-51-24(9-75)107-58(102)32(41(51)92)69-17(2)81/h21-65,73-79,85-102H,6-15H2,1-5H3,(H,68,80)(H,69,81)(H,70,82)(H,71,83)(H,72,84)(H,103,104)/t21-,22+,23+,24+,25+,26+,27+,28+,29+,30+,31+,32+,33+,34+,35+,36-,37+,38-,39+,40+,41+,42+,43+,44-,45+,46+,47+,48-,49-,50-,51+,52+,53+,54+,55+,56+,57-,58+,59-,60-,61-,62-,63-,64+,65-,67+/m0/s1. The normalized spacial score (nSPS) is 46.6. The van der Waals surface area contributed by atoms with Crippen LogP contribution in [0.2, 0.25) is 0 Å². The van der Waals surface area contributed by atoms with Gasteiger partial charge in [-0.25, -0.2) is 4.79 Å². The fraction of sp³-hybridized carbons (Fsp3) is 0.910. The van der Waals surface area contributed by atoms with Gasteiger partial charge in [0, 0.05) is 41.0 Å². The molecule has 54 heteroatoms. The van der Waals surface area contributed by atoms with E-state index in [1.165, 1.54) is 0 Å². The van der Waals surface area contributed by atoms with E-state index >= 15 is 0 Å². The first-order valence-corrected chi connectivity index (χ1v) is 38.2. The lowest BCUT2D eigenvalue weighted by molar-refractivity contribution is -0.391. The van der Waals surface area contributed by atoms with E-state index in [2.05, 4.69) is 26.6 Å². The summed E-state index contributed by atoms with van der Waals surface area (Å²) in [6.07, 6.45) is -85.0. The summed E-state index contributed by atoms with van der Waals surface area (Å²) in [6.45, 7) is -5.27. The van der Waals surface area contributed by atoms with Crippen molar-refractivity contribution in [2.45, 2.75) is 323 Å². The van der Waals surface area contributed by atoms with Gasteiger partial charge >= 0.3 is 5.97 Å². The van der Waals surface area contributed by atoms with E-state index in [9.17, 15) is 162 Å². The first-order chi connectivity index (χ1) is 57.0. The van der Waals surface area contributed by atoms with E-state index in [-0.39, 0.29) is 0 Å². The van der Waals surface area contributed by atoms with Crippen LogP contribution in [0.15, 0.2) is 0 Å². The number of ether oxygens (including phenoxy) is 17. The van der Waals surface area contributed by atoms with Crippen molar-refractivity contribution >= 4 is 35.5 Å². The van der Waals surface area contributed by atoms with Crippen LogP contribution in [-0.2, 0) is 109 Å². The first kappa shape index (κ1) is 99.9. The highest BCUT2D eigenvalue weighted by Gasteiger charge is 2.62. The first-order valence-electron chi connectivity index (χ1n) is 38.2. The zero-order valence-electron chi connectivity index (χ0n) is 65.1. The molecule has 46 atom stereocenters. The van der Waals surface area contributed by atoms with Crippen LogP contribution in [0, 0.1) is 0 Å². The van der Waals surface area contributed by atoms with Crippen LogP contribution < -0.4 is 26.6 Å². The molecule has 9 rings (SSSR count). The maximum Gasteiger partial charge on any atom is 0.364 e. The number of amides is 5. The van der Waals surface area contributed by atoms with Crippen LogP contribution in [0.1, 0.15) is 41.0 Å². The zero-order valence-corrected chi connectivity index (χ0v) is 65.1. The maximum atomic E-state index is 12.9. The van der Waals surface area contributed by atoms with Crippen molar-refractivity contribution in [2.24, 2.45) is 0 Å². The fourth-order valence-corrected chi connectivity index (χ4v) is 15.5. The van der Waals surface area contributed by atoms with Crippen LogP contribution in [0.3, 0.4) is 0 Å². The zero-order chi connectivity index (χ0) is 89.6. The van der Waals surface area contributed by atoms with Crippen molar-refractivity contribution in [3.8, 4) is 0 Å². The molecule has 0 unspecified atom stereocenters. The molecule has 9 aliphatic heterocycles. The van der Waals surface area contributed by atoms with Crippen LogP contribution >= 0.6 is 0 Å². The third-order valence-electron chi connectivity index (χ3n) is 21.7. The Balaban J connectivity index is 0.937. The van der Waals surface area contributed by atoms with Gasteiger partial charge in [0.2, 0.25) is 29.5 Å². The number of carboxylic acid groups (broad SMARTS) is 1. The van der Waals surface area contributed by atoms with E-state index in [4.69, 9.17) is 80.5 Å². The monoisotopic (exact) mass is 1770 g/mol. The Morgan fingerprint density at radius 2 is 0.661 bits per heavy atom. The summed E-state index contributed by atoms with van der Waals surface area (Å²) in [6, 6.07) is -8.78. The van der Waals surface area contributed by atoms with Gasteiger partial charge in [-0.05, 0) is 0 Å². The molecule has 31 N–H and O–H groups in total. The molecule has 9 fully saturated rings. The molecule has 5 amide bonds. The van der Waals surface area contributed by atoms with Crippen LogP contribution in [0.4, 0.5) is 0 Å². The lowest BCUT2D eigenvalue weighted by Crippen LogP contribution is -2.70. The summed E-state index contributed by atoms with van der Waals surface area (Å²) < 4.78 is 99.2. The Hall–Kier alpha value is -4.86. The predicted molar refractivity (Wildman–Crippen MR) is 372 cm³/mol. The Labute approximate surface area is 684 Å². The number of aliphatic hydroxyl groups is 25. The molecular formula is C67H111N5O49. The third-order valence-corrected chi connectivity index (χ3v) is 21.7. The highest BCUT2D eigenvalue weighted by molar-refractivity contribution is 5.77. The summed E-state index contributed by atoms with van der Waals surface area (Å²) in [7, 11) is 0. The molecule has 0 aromatic rings. The summed E-state index contributed by atoms with van der Waals surface area (Å²) in [5, 5.41) is 300. The van der Waals surface area contributed by atoms with Crippen molar-refractivity contribution < 1.29 is 242 Å². The van der Waals surface area contributed by atoms with Crippen molar-refractivity contribution in [1.29, 1.82) is 0 Å². The minimum Gasteiger partial charge on any atom is -0.477 e. The number of rotatable bonds is 33. The van der Waals surface area contributed by atoms with E-state index in [1.54, 1.807) is 0 Å². The number of nitrogens with one attached hydrogen (secondary N) is 5. The molecule has 0 aromatic heterocycles. The molecule has 9 heterocycles. The second-order valence-electron chi connectivity index (χ2n) is 30.4. The minimum absolute atomic E-state index is 0.781. The summed E-state index contributed by atoms with van der Waals surface area (Å²) >= 11 is 0. The van der Waals surface area contributed by atoms with E-state index in [0.717, 1.165) is 34.6 Å². The number of hydrogen-bond acceptors (Lipinski definition) is 48. The van der Waals surface area contributed by atoms with Crippen molar-refractivity contribution in [1.82, 2.24) is 26.6 Å². The highest BCUT2D eigenvalue weighted by atomic mass is 16.8. The molecule has 0 spiro atoms. The van der Waals surface area contributed by atoms with Crippen molar-refractivity contribution in [3.63, 3.8) is 0 Å². The van der Waals surface area contributed by atoms with Crippen LogP contribution in [-0.4, -0.2) is 509 Å². The molecule has 0 aliphatic carbocycles. The maximum absolute atomic E-state index is 12.9. The SMILES string of the molecule is CC(=O)N[C@@H]1[C@@H](O)[C@H](O[C@@H]2O[C@H](CO)[C@@H](O[C@@H]3O[C@H](CO[C@H]4O[C@H](CO)[C@@H](O[C@@H]5O[C@H](CO)[C@@H](O[C@@H]6O[C@H](CO[C@]7(C(=O)O)C[C@H](O)[C@@H](NC(C)=O)[C@H]([C@@H](O)[C@H](O)CO)O7)[C@H](O)[C@H](O)[C@H]6O)[C@H](O)[C@H]5NC(C)=O)[C@H](O)[C@@H]4O)[C@@H](O)[C@H](O[C@H]4O[C@H](CO)[C@@H](O[C@@H]5O[C@H](CO)[C@@H](O)[C@H](O)[C@H]5NC(C)=O)[C@H](O)[C@@H]4O)[C@@H]3O)[C@H](O)[C@H]2NC(C)=O)[C@@H](CO)O[C@H]1O. The number of hydrogen-bond donors (Lipinski definition) is 31. The van der Waals surface area contributed by atoms with Gasteiger partial charge in [0.25, 0.3) is 5.79 Å². The second kappa shape index (κ2) is 43.3. The number of carboxylic acids is 1. The van der Waals surface area contributed by atoms with Gasteiger partial charge in [-0.3, -0.25) is 24.0 Å². The average molecular weight is 1770 g/mol. The Morgan fingerprint density at radius 3 is 1.09 bits per heavy atom. The van der Waals surface area contributed by atoms with Crippen LogP contribution in [0.5, 0.6) is 0 Å². The Bertz CT molecular complexity index is 3340. The highest BCUT2D eigenvalue weighted by Crippen LogP contribution is 2.41. The summed E-state index contributed by atoms with van der Waals surface area (Å²) in [4.78, 5) is 75.2.